The lowest BCUT2D eigenvalue weighted by molar-refractivity contribution is 0.0697. The van der Waals surface area contributed by atoms with Crippen molar-refractivity contribution in [2.75, 3.05) is 0 Å². The normalized spacial score (nSPS) is 10.7. The quantitative estimate of drug-likeness (QED) is 0.874. The molecule has 0 aliphatic heterocycles. The van der Waals surface area contributed by atoms with Crippen LogP contribution in [0.2, 0.25) is 0 Å². The summed E-state index contributed by atoms with van der Waals surface area (Å²) in [6, 6.07) is 14.2. The lowest BCUT2D eigenvalue weighted by Gasteiger charge is -1.99. The van der Waals surface area contributed by atoms with Crippen LogP contribution in [0.15, 0.2) is 58.0 Å². The molecule has 0 heterocycles. The van der Waals surface area contributed by atoms with Gasteiger partial charge < -0.3 is 5.11 Å². The highest BCUT2D eigenvalue weighted by Crippen LogP contribution is 2.17. The Morgan fingerprint density at radius 3 is 2.44 bits per heavy atom. The second-order valence-electron chi connectivity index (χ2n) is 3.63. The minimum absolute atomic E-state index is 0.248. The van der Waals surface area contributed by atoms with E-state index in [0.717, 1.165) is 10.2 Å². The Morgan fingerprint density at radius 2 is 1.78 bits per heavy atom. The van der Waals surface area contributed by atoms with Crippen LogP contribution in [0.25, 0.3) is 0 Å². The number of hydrogen-bond donors (Lipinski definition) is 1. The van der Waals surface area contributed by atoms with Crippen molar-refractivity contribution in [1.29, 1.82) is 0 Å². The Labute approximate surface area is 113 Å². The first-order valence-electron chi connectivity index (χ1n) is 5.29. The Kier molecular flexibility index (Phi) is 3.89. The van der Waals surface area contributed by atoms with Gasteiger partial charge in [0.1, 0.15) is 0 Å². The van der Waals surface area contributed by atoms with Crippen molar-refractivity contribution < 1.29 is 9.90 Å². The van der Waals surface area contributed by atoms with E-state index >= 15 is 0 Å². The van der Waals surface area contributed by atoms with Crippen LogP contribution >= 0.6 is 15.9 Å². The van der Waals surface area contributed by atoms with E-state index in [1.807, 2.05) is 24.3 Å². The highest BCUT2D eigenvalue weighted by molar-refractivity contribution is 9.10. The first-order chi connectivity index (χ1) is 8.66. The number of halogens is 1. The van der Waals surface area contributed by atoms with Crippen LogP contribution in [0.5, 0.6) is 0 Å². The maximum atomic E-state index is 11.0. The molecule has 0 aliphatic carbocycles. The third-order valence-corrected chi connectivity index (χ3v) is 2.90. The van der Waals surface area contributed by atoms with Crippen molar-refractivity contribution in [3.8, 4) is 0 Å². The van der Waals surface area contributed by atoms with Gasteiger partial charge in [-0.1, -0.05) is 34.1 Å². The summed E-state index contributed by atoms with van der Waals surface area (Å²) in [6.07, 6.45) is 1.56. The summed E-state index contributed by atoms with van der Waals surface area (Å²) in [7, 11) is 0. The number of carbonyl (C=O) groups is 1. The van der Waals surface area contributed by atoms with Gasteiger partial charge in [0.2, 0.25) is 0 Å². The third kappa shape index (κ3) is 3.05. The van der Waals surface area contributed by atoms with Crippen LogP contribution in [0, 0.1) is 0 Å². The van der Waals surface area contributed by atoms with Gasteiger partial charge in [-0.3, -0.25) is 4.99 Å². The maximum Gasteiger partial charge on any atom is 0.336 e. The summed E-state index contributed by atoms with van der Waals surface area (Å²) in [5.74, 6) is -0.951. The van der Waals surface area contributed by atoms with Crippen molar-refractivity contribution in [2.24, 2.45) is 4.99 Å². The van der Waals surface area contributed by atoms with Gasteiger partial charge in [-0.05, 0) is 30.3 Å². The minimum Gasteiger partial charge on any atom is -0.478 e. The fraction of sp³-hybridized carbons (Fsp3) is 0. The van der Waals surface area contributed by atoms with Crippen molar-refractivity contribution in [2.45, 2.75) is 0 Å². The molecule has 2 aromatic rings. The van der Waals surface area contributed by atoms with Crippen molar-refractivity contribution in [3.05, 3.63) is 64.1 Å². The average Bonchev–Trinajstić information content (AvgIpc) is 2.38. The fourth-order valence-electron chi connectivity index (χ4n) is 1.48. The van der Waals surface area contributed by atoms with Crippen LogP contribution < -0.4 is 0 Å². The molecule has 0 unspecified atom stereocenters. The zero-order valence-electron chi connectivity index (χ0n) is 9.38. The molecule has 0 spiro atoms. The topological polar surface area (TPSA) is 49.7 Å². The molecule has 90 valence electrons. The van der Waals surface area contributed by atoms with Gasteiger partial charge in [0.05, 0.1) is 11.3 Å². The van der Waals surface area contributed by atoms with Crippen LogP contribution in [0.3, 0.4) is 0 Å². The van der Waals surface area contributed by atoms with E-state index in [1.54, 1.807) is 30.5 Å². The Hall–Kier alpha value is -1.94. The fourth-order valence-corrected chi connectivity index (χ4v) is 1.74. The van der Waals surface area contributed by atoms with Crippen molar-refractivity contribution >= 4 is 33.8 Å². The Morgan fingerprint density at radius 1 is 1.11 bits per heavy atom. The summed E-state index contributed by atoms with van der Waals surface area (Å²) in [5.41, 5.74) is 1.62. The van der Waals surface area contributed by atoms with E-state index < -0.39 is 5.97 Å². The molecule has 0 radical (unpaired) electrons. The third-order valence-electron chi connectivity index (χ3n) is 2.37. The molecular formula is C14H10BrNO2. The molecule has 0 aliphatic rings. The molecule has 0 saturated heterocycles. The summed E-state index contributed by atoms with van der Waals surface area (Å²) >= 11 is 3.34. The number of nitrogens with zero attached hydrogens (tertiary/aromatic N) is 1. The van der Waals surface area contributed by atoms with Gasteiger partial charge >= 0.3 is 5.97 Å². The molecule has 18 heavy (non-hydrogen) atoms. The molecule has 0 saturated carbocycles. The largest absolute Gasteiger partial charge is 0.478 e. The molecule has 4 heteroatoms. The molecule has 0 fully saturated rings. The number of aromatic carboxylic acids is 1. The average molecular weight is 304 g/mol. The van der Waals surface area contributed by atoms with Gasteiger partial charge in [-0.25, -0.2) is 4.79 Å². The Balaban J connectivity index is 2.29. The molecule has 0 atom stereocenters. The zero-order valence-corrected chi connectivity index (χ0v) is 11.0. The highest BCUT2D eigenvalue weighted by Gasteiger charge is 2.06. The monoisotopic (exact) mass is 303 g/mol. The lowest BCUT2D eigenvalue weighted by Crippen LogP contribution is -2.00. The van der Waals surface area contributed by atoms with E-state index in [2.05, 4.69) is 20.9 Å². The zero-order chi connectivity index (χ0) is 13.0. The molecular weight excluding hydrogens is 294 g/mol. The molecule has 3 nitrogen and oxygen atoms in total. The molecule has 2 aromatic carbocycles. The molecule has 0 amide bonds. The number of carboxylic acids is 1. The first kappa shape index (κ1) is 12.5. The van der Waals surface area contributed by atoms with Crippen LogP contribution in [0.1, 0.15) is 15.9 Å². The number of rotatable bonds is 3. The maximum absolute atomic E-state index is 11.0. The van der Waals surface area contributed by atoms with Gasteiger partial charge in [0.15, 0.2) is 0 Å². The first-order valence-corrected chi connectivity index (χ1v) is 6.08. The predicted molar refractivity (Wildman–Crippen MR) is 74.8 cm³/mol. The van der Waals surface area contributed by atoms with Gasteiger partial charge in [0, 0.05) is 16.3 Å². The van der Waals surface area contributed by atoms with E-state index in [1.165, 1.54) is 0 Å². The molecule has 0 aromatic heterocycles. The second-order valence-corrected chi connectivity index (χ2v) is 4.54. The summed E-state index contributed by atoms with van der Waals surface area (Å²) in [4.78, 5) is 15.3. The SMILES string of the molecule is O=C(O)c1ccccc1C=Nc1ccc(Br)cc1. The molecule has 1 N–H and O–H groups in total. The molecule has 0 bridgehead atoms. The van der Waals surface area contributed by atoms with Crippen LogP contribution in [0.4, 0.5) is 5.69 Å². The number of hydrogen-bond acceptors (Lipinski definition) is 2. The van der Waals surface area contributed by atoms with E-state index in [0.29, 0.717) is 5.56 Å². The predicted octanol–water partition coefficient (Wildman–Crippen LogP) is 3.90. The summed E-state index contributed by atoms with van der Waals surface area (Å²) < 4.78 is 0.979. The number of benzene rings is 2. The summed E-state index contributed by atoms with van der Waals surface area (Å²) in [6.45, 7) is 0. The Bertz CT molecular complexity index is 591. The van der Waals surface area contributed by atoms with E-state index in [9.17, 15) is 4.79 Å². The van der Waals surface area contributed by atoms with Gasteiger partial charge in [-0.15, -0.1) is 0 Å². The van der Waals surface area contributed by atoms with Crippen LogP contribution in [-0.4, -0.2) is 17.3 Å². The standard InChI is InChI=1S/C14H10BrNO2/c15-11-5-7-12(8-6-11)16-9-10-3-1-2-4-13(10)14(17)18/h1-9H,(H,17,18). The molecule has 2 rings (SSSR count). The lowest BCUT2D eigenvalue weighted by atomic mass is 10.1. The smallest absolute Gasteiger partial charge is 0.336 e. The van der Waals surface area contributed by atoms with Gasteiger partial charge in [-0.2, -0.15) is 0 Å². The van der Waals surface area contributed by atoms with Crippen molar-refractivity contribution in [1.82, 2.24) is 0 Å². The second kappa shape index (κ2) is 5.60. The summed E-state index contributed by atoms with van der Waals surface area (Å²) in [5, 5.41) is 9.03. The van der Waals surface area contributed by atoms with Crippen LogP contribution in [-0.2, 0) is 0 Å². The highest BCUT2D eigenvalue weighted by atomic mass is 79.9. The number of aliphatic imine (C=N–C) groups is 1. The van der Waals surface area contributed by atoms with E-state index in [4.69, 9.17) is 5.11 Å². The van der Waals surface area contributed by atoms with E-state index in [-0.39, 0.29) is 5.56 Å². The minimum atomic E-state index is -0.951. The van der Waals surface area contributed by atoms with Crippen molar-refractivity contribution in [3.63, 3.8) is 0 Å². The number of carboxylic acid groups (broad SMARTS) is 1. The van der Waals surface area contributed by atoms with Gasteiger partial charge in [0.25, 0.3) is 0 Å².